The van der Waals surface area contributed by atoms with E-state index in [-0.39, 0.29) is 11.6 Å². The molecule has 0 spiro atoms. The molecule has 0 aromatic heterocycles. The van der Waals surface area contributed by atoms with E-state index in [1.165, 1.54) is 25.7 Å². The SMILES string of the molecule is CC1CCCC(CNCC(C)(C)NC(=O)OC(C)(C)C)C1. The van der Waals surface area contributed by atoms with Crippen molar-refractivity contribution < 1.29 is 9.53 Å². The third kappa shape index (κ3) is 8.30. The van der Waals surface area contributed by atoms with Crippen molar-refractivity contribution in [3.05, 3.63) is 0 Å². The van der Waals surface area contributed by atoms with Gasteiger partial charge in [-0.3, -0.25) is 0 Å². The van der Waals surface area contributed by atoms with Crippen LogP contribution >= 0.6 is 0 Å². The highest BCUT2D eigenvalue weighted by Gasteiger charge is 2.25. The zero-order valence-electron chi connectivity index (χ0n) is 14.7. The number of ether oxygens (including phenoxy) is 1. The van der Waals surface area contributed by atoms with Gasteiger partial charge in [-0.15, -0.1) is 0 Å². The van der Waals surface area contributed by atoms with Gasteiger partial charge in [0, 0.05) is 6.54 Å². The first-order chi connectivity index (χ1) is 9.57. The maximum atomic E-state index is 11.8. The number of nitrogens with one attached hydrogen (secondary N) is 2. The van der Waals surface area contributed by atoms with Crippen molar-refractivity contribution in [1.29, 1.82) is 0 Å². The molecule has 0 heterocycles. The van der Waals surface area contributed by atoms with Crippen LogP contribution in [0.2, 0.25) is 0 Å². The van der Waals surface area contributed by atoms with E-state index in [2.05, 4.69) is 17.6 Å². The highest BCUT2D eigenvalue weighted by molar-refractivity contribution is 5.68. The Morgan fingerprint density at radius 1 is 1.19 bits per heavy atom. The van der Waals surface area contributed by atoms with Crippen LogP contribution in [-0.2, 0) is 4.74 Å². The Hall–Kier alpha value is -0.770. The van der Waals surface area contributed by atoms with Gasteiger partial charge in [-0.1, -0.05) is 19.8 Å². The number of hydrogen-bond acceptors (Lipinski definition) is 3. The average Bonchev–Trinajstić information content (AvgIpc) is 2.24. The van der Waals surface area contributed by atoms with Gasteiger partial charge in [-0.05, 0) is 65.8 Å². The monoisotopic (exact) mass is 298 g/mol. The normalized spacial score (nSPS) is 23.7. The van der Waals surface area contributed by atoms with Crippen LogP contribution in [0.25, 0.3) is 0 Å². The van der Waals surface area contributed by atoms with Crippen molar-refractivity contribution in [3.8, 4) is 0 Å². The maximum Gasteiger partial charge on any atom is 0.408 e. The predicted molar refractivity (Wildman–Crippen MR) is 87.4 cm³/mol. The number of carbonyl (C=O) groups excluding carboxylic acids is 1. The van der Waals surface area contributed by atoms with Gasteiger partial charge in [-0.25, -0.2) is 4.79 Å². The quantitative estimate of drug-likeness (QED) is 0.813. The Labute approximate surface area is 130 Å². The van der Waals surface area contributed by atoms with Crippen LogP contribution in [0.5, 0.6) is 0 Å². The summed E-state index contributed by atoms with van der Waals surface area (Å²) < 4.78 is 5.31. The minimum absolute atomic E-state index is 0.303. The summed E-state index contributed by atoms with van der Waals surface area (Å²) >= 11 is 0. The summed E-state index contributed by atoms with van der Waals surface area (Å²) in [4.78, 5) is 11.8. The van der Waals surface area contributed by atoms with Gasteiger partial charge in [0.05, 0.1) is 5.54 Å². The van der Waals surface area contributed by atoms with E-state index in [4.69, 9.17) is 4.74 Å². The fourth-order valence-electron chi connectivity index (χ4n) is 2.96. The third-order valence-electron chi connectivity index (χ3n) is 3.88. The molecule has 4 nitrogen and oxygen atoms in total. The lowest BCUT2D eigenvalue weighted by atomic mass is 9.82. The topological polar surface area (TPSA) is 50.4 Å². The molecule has 1 aliphatic rings. The summed E-state index contributed by atoms with van der Waals surface area (Å²) in [6.45, 7) is 13.8. The van der Waals surface area contributed by atoms with Crippen molar-refractivity contribution in [1.82, 2.24) is 10.6 Å². The van der Waals surface area contributed by atoms with E-state index in [9.17, 15) is 4.79 Å². The molecule has 1 amide bonds. The highest BCUT2D eigenvalue weighted by atomic mass is 16.6. The number of rotatable bonds is 5. The van der Waals surface area contributed by atoms with Gasteiger partial charge in [0.25, 0.3) is 0 Å². The molecule has 0 radical (unpaired) electrons. The molecule has 0 aromatic carbocycles. The molecule has 0 aliphatic heterocycles. The van der Waals surface area contributed by atoms with Gasteiger partial charge in [0.2, 0.25) is 0 Å². The predicted octanol–water partition coefficient (Wildman–Crippen LogP) is 3.71. The van der Waals surface area contributed by atoms with E-state index in [1.54, 1.807) is 0 Å². The molecular formula is C17H34N2O2. The Kier molecular flexibility index (Phi) is 6.51. The maximum absolute atomic E-state index is 11.8. The largest absolute Gasteiger partial charge is 0.444 e. The number of hydrogen-bond donors (Lipinski definition) is 2. The number of alkyl carbamates (subject to hydrolysis) is 1. The smallest absolute Gasteiger partial charge is 0.408 e. The molecule has 0 bridgehead atoms. The molecule has 2 N–H and O–H groups in total. The van der Waals surface area contributed by atoms with Crippen LogP contribution in [-0.4, -0.2) is 30.3 Å². The Balaban J connectivity index is 2.27. The van der Waals surface area contributed by atoms with E-state index in [1.807, 2.05) is 34.6 Å². The Morgan fingerprint density at radius 3 is 2.43 bits per heavy atom. The molecule has 0 saturated heterocycles. The molecule has 1 fully saturated rings. The van der Waals surface area contributed by atoms with Crippen LogP contribution in [0.4, 0.5) is 4.79 Å². The van der Waals surface area contributed by atoms with E-state index >= 15 is 0 Å². The second-order valence-electron chi connectivity index (χ2n) is 8.28. The summed E-state index contributed by atoms with van der Waals surface area (Å²) in [7, 11) is 0. The van der Waals surface area contributed by atoms with Gasteiger partial charge in [0.15, 0.2) is 0 Å². The molecule has 124 valence electrons. The molecule has 21 heavy (non-hydrogen) atoms. The standard InChI is InChI=1S/C17H34N2O2/c1-13-8-7-9-14(10-13)11-18-12-17(5,6)19-15(20)21-16(2,3)4/h13-14,18H,7-12H2,1-6H3,(H,19,20). The van der Waals surface area contributed by atoms with Crippen LogP contribution in [0.3, 0.4) is 0 Å². The lowest BCUT2D eigenvalue weighted by molar-refractivity contribution is 0.0471. The summed E-state index contributed by atoms with van der Waals surface area (Å²) in [5.74, 6) is 1.64. The van der Waals surface area contributed by atoms with Crippen molar-refractivity contribution in [2.75, 3.05) is 13.1 Å². The van der Waals surface area contributed by atoms with Crippen molar-refractivity contribution >= 4 is 6.09 Å². The van der Waals surface area contributed by atoms with Crippen LogP contribution < -0.4 is 10.6 Å². The molecule has 2 unspecified atom stereocenters. The van der Waals surface area contributed by atoms with Gasteiger partial charge in [0.1, 0.15) is 5.60 Å². The molecule has 2 atom stereocenters. The van der Waals surface area contributed by atoms with Crippen molar-refractivity contribution in [3.63, 3.8) is 0 Å². The van der Waals surface area contributed by atoms with Gasteiger partial charge in [-0.2, -0.15) is 0 Å². The van der Waals surface area contributed by atoms with Crippen LogP contribution in [0.1, 0.15) is 67.2 Å². The zero-order valence-corrected chi connectivity index (χ0v) is 14.7. The second kappa shape index (κ2) is 7.48. The van der Waals surface area contributed by atoms with Gasteiger partial charge < -0.3 is 15.4 Å². The molecule has 0 aromatic rings. The summed E-state index contributed by atoms with van der Waals surface area (Å²) in [6.07, 6.45) is 5.04. The van der Waals surface area contributed by atoms with E-state index in [0.717, 1.165) is 24.9 Å². The van der Waals surface area contributed by atoms with Crippen molar-refractivity contribution in [2.45, 2.75) is 78.4 Å². The van der Waals surface area contributed by atoms with Crippen LogP contribution in [0.15, 0.2) is 0 Å². The fraction of sp³-hybridized carbons (Fsp3) is 0.941. The first-order valence-electron chi connectivity index (χ1n) is 8.29. The summed E-state index contributed by atoms with van der Waals surface area (Å²) in [5, 5.41) is 6.45. The lowest BCUT2D eigenvalue weighted by Gasteiger charge is -2.31. The molecular weight excluding hydrogens is 264 g/mol. The average molecular weight is 298 g/mol. The molecule has 4 heteroatoms. The van der Waals surface area contributed by atoms with Crippen LogP contribution in [0, 0.1) is 11.8 Å². The second-order valence-corrected chi connectivity index (χ2v) is 8.28. The minimum atomic E-state index is -0.453. The molecule has 1 rings (SSSR count). The fourth-order valence-corrected chi connectivity index (χ4v) is 2.96. The first kappa shape index (κ1) is 18.3. The lowest BCUT2D eigenvalue weighted by Crippen LogP contribution is -2.52. The summed E-state index contributed by atoms with van der Waals surface area (Å²) in [6, 6.07) is 0. The zero-order chi connectivity index (χ0) is 16.1. The Bertz CT molecular complexity index is 334. The number of carbonyl (C=O) groups is 1. The van der Waals surface area contributed by atoms with E-state index < -0.39 is 5.60 Å². The number of amides is 1. The Morgan fingerprint density at radius 2 is 1.86 bits per heavy atom. The molecule has 1 aliphatic carbocycles. The molecule has 1 saturated carbocycles. The van der Waals surface area contributed by atoms with Crippen molar-refractivity contribution in [2.24, 2.45) is 11.8 Å². The third-order valence-corrected chi connectivity index (χ3v) is 3.88. The first-order valence-corrected chi connectivity index (χ1v) is 8.29. The van der Waals surface area contributed by atoms with Gasteiger partial charge >= 0.3 is 6.09 Å². The highest BCUT2D eigenvalue weighted by Crippen LogP contribution is 2.27. The van der Waals surface area contributed by atoms with E-state index in [0.29, 0.717) is 0 Å². The summed E-state index contributed by atoms with van der Waals surface area (Å²) in [5.41, 5.74) is -0.756. The minimum Gasteiger partial charge on any atom is -0.444 e.